The molecule has 174 valence electrons. The van der Waals surface area contributed by atoms with E-state index in [4.69, 9.17) is 0 Å². The fraction of sp³-hybridized carbons (Fsp3) is 0.360. The van der Waals surface area contributed by atoms with Crippen molar-refractivity contribution in [1.82, 2.24) is 4.31 Å². The molecule has 1 saturated heterocycles. The van der Waals surface area contributed by atoms with E-state index >= 15 is 0 Å². The van der Waals surface area contributed by atoms with Crippen molar-refractivity contribution in [2.45, 2.75) is 38.0 Å². The minimum absolute atomic E-state index is 0.0603. The van der Waals surface area contributed by atoms with Crippen LogP contribution in [-0.2, 0) is 14.8 Å². The van der Waals surface area contributed by atoms with Gasteiger partial charge in [0.25, 0.3) is 5.91 Å². The molecule has 0 unspecified atom stereocenters. The molecule has 1 aliphatic heterocycles. The van der Waals surface area contributed by atoms with Crippen LogP contribution >= 0.6 is 0 Å². The molecule has 0 bridgehead atoms. The van der Waals surface area contributed by atoms with Crippen LogP contribution in [0.15, 0.2) is 59.0 Å². The fourth-order valence-electron chi connectivity index (χ4n) is 3.87. The first kappa shape index (κ1) is 24.5. The Balaban J connectivity index is 1.76. The molecule has 1 amide bonds. The topological polar surface area (TPSA) is 93.5 Å². The van der Waals surface area contributed by atoms with Crippen molar-refractivity contribution in [2.75, 3.05) is 36.4 Å². The normalized spacial score (nSPS) is 15.0. The number of carbonyl (C=O) groups is 1. The minimum atomic E-state index is -3.61. The number of carbonyl (C=O) groups excluding carboxylic acids is 1. The van der Waals surface area contributed by atoms with E-state index < -0.39 is 15.9 Å². The standard InChI is InChI=1S/C25H30N4O3S/c1-3-28(4-2)23-13-11-20(12-14-23)17-21(19-26)25(30)27-22-9-8-10-24(18-22)33(31,32)29-15-6-5-7-16-29/h8-14,17-18H,3-7,15-16H2,1-2H3,(H,27,30)/b21-17+. The van der Waals surface area contributed by atoms with Gasteiger partial charge in [0, 0.05) is 37.6 Å². The third kappa shape index (κ3) is 6.01. The SMILES string of the molecule is CCN(CC)c1ccc(/C=C(\C#N)C(=O)Nc2cccc(S(=O)(=O)N3CCCCC3)c2)cc1. The molecule has 0 radical (unpaired) electrons. The van der Waals surface area contributed by atoms with Gasteiger partial charge in [-0.2, -0.15) is 9.57 Å². The highest BCUT2D eigenvalue weighted by molar-refractivity contribution is 7.89. The highest BCUT2D eigenvalue weighted by Gasteiger charge is 2.26. The van der Waals surface area contributed by atoms with Crippen molar-refractivity contribution in [3.63, 3.8) is 0 Å². The summed E-state index contributed by atoms with van der Waals surface area (Å²) in [6, 6.07) is 15.8. The number of piperidine rings is 1. The summed E-state index contributed by atoms with van der Waals surface area (Å²) in [6.45, 7) is 6.97. The van der Waals surface area contributed by atoms with Gasteiger partial charge in [0.05, 0.1) is 4.90 Å². The van der Waals surface area contributed by atoms with Gasteiger partial charge < -0.3 is 10.2 Å². The molecule has 3 rings (SSSR count). The number of hydrogen-bond donors (Lipinski definition) is 1. The van der Waals surface area contributed by atoms with Crippen LogP contribution in [0, 0.1) is 11.3 Å². The number of benzene rings is 2. The van der Waals surface area contributed by atoms with Gasteiger partial charge in [-0.25, -0.2) is 8.42 Å². The molecule has 1 heterocycles. The predicted molar refractivity (Wildman–Crippen MR) is 131 cm³/mol. The van der Waals surface area contributed by atoms with E-state index in [0.717, 1.165) is 43.6 Å². The zero-order valence-corrected chi connectivity index (χ0v) is 19.9. The van der Waals surface area contributed by atoms with Crippen LogP contribution in [0.25, 0.3) is 6.08 Å². The van der Waals surface area contributed by atoms with Crippen LogP contribution in [0.3, 0.4) is 0 Å². The Bertz CT molecular complexity index is 1140. The molecule has 7 nitrogen and oxygen atoms in total. The first-order chi connectivity index (χ1) is 15.9. The third-order valence-electron chi connectivity index (χ3n) is 5.74. The van der Waals surface area contributed by atoms with E-state index in [0.29, 0.717) is 18.8 Å². The summed E-state index contributed by atoms with van der Waals surface area (Å²) in [5.74, 6) is -0.585. The molecule has 8 heteroatoms. The van der Waals surface area contributed by atoms with Crippen molar-refractivity contribution in [1.29, 1.82) is 5.26 Å². The number of nitriles is 1. The second-order valence-electron chi connectivity index (χ2n) is 7.88. The monoisotopic (exact) mass is 466 g/mol. The molecule has 1 fully saturated rings. The number of rotatable bonds is 8. The Morgan fingerprint density at radius 3 is 2.36 bits per heavy atom. The van der Waals surface area contributed by atoms with Gasteiger partial charge in [0.15, 0.2) is 0 Å². The fourth-order valence-corrected chi connectivity index (χ4v) is 5.44. The Labute approximate surface area is 196 Å². The zero-order chi connectivity index (χ0) is 23.8. The van der Waals surface area contributed by atoms with Crippen LogP contribution in [0.4, 0.5) is 11.4 Å². The summed E-state index contributed by atoms with van der Waals surface area (Å²) in [7, 11) is -3.61. The number of hydrogen-bond acceptors (Lipinski definition) is 5. The van der Waals surface area contributed by atoms with E-state index in [2.05, 4.69) is 24.1 Å². The summed E-state index contributed by atoms with van der Waals surface area (Å²) in [5, 5.41) is 12.2. The molecular formula is C25H30N4O3S. The van der Waals surface area contributed by atoms with Crippen molar-refractivity contribution >= 4 is 33.4 Å². The number of sulfonamides is 1. The van der Waals surface area contributed by atoms with Crippen LogP contribution in [0.2, 0.25) is 0 Å². The lowest BCUT2D eigenvalue weighted by Gasteiger charge is -2.26. The quantitative estimate of drug-likeness (QED) is 0.464. The van der Waals surface area contributed by atoms with Crippen LogP contribution < -0.4 is 10.2 Å². The molecule has 33 heavy (non-hydrogen) atoms. The number of nitrogens with one attached hydrogen (secondary N) is 1. The van der Waals surface area contributed by atoms with E-state index in [1.165, 1.54) is 22.5 Å². The number of anilines is 2. The van der Waals surface area contributed by atoms with E-state index in [1.807, 2.05) is 30.3 Å². The summed E-state index contributed by atoms with van der Waals surface area (Å²) in [6.07, 6.45) is 4.25. The minimum Gasteiger partial charge on any atom is -0.372 e. The van der Waals surface area contributed by atoms with Gasteiger partial charge in [-0.1, -0.05) is 24.6 Å². The summed E-state index contributed by atoms with van der Waals surface area (Å²) >= 11 is 0. The molecule has 0 spiro atoms. The van der Waals surface area contributed by atoms with Crippen molar-refractivity contribution in [3.05, 3.63) is 59.7 Å². The molecule has 1 N–H and O–H groups in total. The van der Waals surface area contributed by atoms with Crippen LogP contribution in [0.1, 0.15) is 38.7 Å². The lowest BCUT2D eigenvalue weighted by molar-refractivity contribution is -0.112. The Morgan fingerprint density at radius 2 is 1.76 bits per heavy atom. The van der Waals surface area contributed by atoms with Crippen molar-refractivity contribution in [2.24, 2.45) is 0 Å². The van der Waals surface area contributed by atoms with E-state index in [1.54, 1.807) is 12.1 Å². The average molecular weight is 467 g/mol. The maximum absolute atomic E-state index is 12.9. The molecule has 0 saturated carbocycles. The average Bonchev–Trinajstić information content (AvgIpc) is 2.84. The van der Waals surface area contributed by atoms with Gasteiger partial charge in [-0.05, 0) is 68.7 Å². The van der Waals surface area contributed by atoms with Gasteiger partial charge in [-0.15, -0.1) is 0 Å². The number of nitrogens with zero attached hydrogens (tertiary/aromatic N) is 3. The first-order valence-electron chi connectivity index (χ1n) is 11.3. The molecule has 1 aliphatic rings. The predicted octanol–water partition coefficient (Wildman–Crippen LogP) is 4.25. The van der Waals surface area contributed by atoms with Gasteiger partial charge in [0.2, 0.25) is 10.0 Å². The second-order valence-corrected chi connectivity index (χ2v) is 9.82. The van der Waals surface area contributed by atoms with Crippen molar-refractivity contribution < 1.29 is 13.2 Å². The molecule has 2 aromatic carbocycles. The van der Waals surface area contributed by atoms with Crippen LogP contribution in [-0.4, -0.2) is 44.8 Å². The molecule has 2 aromatic rings. The van der Waals surface area contributed by atoms with E-state index in [-0.39, 0.29) is 10.5 Å². The smallest absolute Gasteiger partial charge is 0.266 e. The molecular weight excluding hydrogens is 436 g/mol. The molecule has 0 aromatic heterocycles. The van der Waals surface area contributed by atoms with Gasteiger partial charge >= 0.3 is 0 Å². The number of amides is 1. The second kappa shape index (κ2) is 11.1. The maximum atomic E-state index is 12.9. The summed E-state index contributed by atoms with van der Waals surface area (Å²) < 4.78 is 27.3. The maximum Gasteiger partial charge on any atom is 0.266 e. The molecule has 0 atom stereocenters. The largest absolute Gasteiger partial charge is 0.372 e. The highest BCUT2D eigenvalue weighted by Crippen LogP contribution is 2.23. The first-order valence-corrected chi connectivity index (χ1v) is 12.7. The Hall–Kier alpha value is -3.15. The Morgan fingerprint density at radius 1 is 1.09 bits per heavy atom. The summed E-state index contributed by atoms with van der Waals surface area (Å²) in [5.41, 5.74) is 2.08. The van der Waals surface area contributed by atoms with Gasteiger partial charge in [0.1, 0.15) is 11.6 Å². The Kier molecular flexibility index (Phi) is 8.26. The zero-order valence-electron chi connectivity index (χ0n) is 19.1. The lowest BCUT2D eigenvalue weighted by Crippen LogP contribution is -2.35. The summed E-state index contributed by atoms with van der Waals surface area (Å²) in [4.78, 5) is 15.0. The van der Waals surface area contributed by atoms with E-state index in [9.17, 15) is 18.5 Å². The third-order valence-corrected chi connectivity index (χ3v) is 7.64. The van der Waals surface area contributed by atoms with Crippen molar-refractivity contribution in [3.8, 4) is 6.07 Å². The molecule has 0 aliphatic carbocycles. The van der Waals surface area contributed by atoms with Crippen LogP contribution in [0.5, 0.6) is 0 Å². The van der Waals surface area contributed by atoms with Gasteiger partial charge in [-0.3, -0.25) is 4.79 Å². The lowest BCUT2D eigenvalue weighted by atomic mass is 10.1. The highest BCUT2D eigenvalue weighted by atomic mass is 32.2.